The number of nitrogens with zero attached hydrogens (tertiary/aromatic N) is 5. The molecule has 1 saturated heterocycles. The second-order valence-electron chi connectivity index (χ2n) is 8.99. The number of carbonyl (C=O) groups is 1. The summed E-state index contributed by atoms with van der Waals surface area (Å²) in [6, 6.07) is 4.07. The minimum atomic E-state index is -0.986. The Balaban J connectivity index is 2.16. The van der Waals surface area contributed by atoms with Crippen LogP contribution >= 0.6 is 0 Å². The maximum atomic E-state index is 15.1. The fourth-order valence-electron chi connectivity index (χ4n) is 4.16. The lowest BCUT2D eigenvalue weighted by Crippen LogP contribution is -2.34. The van der Waals surface area contributed by atoms with E-state index >= 15 is 8.78 Å². The Kier molecular flexibility index (Phi) is 9.98. The van der Waals surface area contributed by atoms with E-state index in [9.17, 15) is 4.79 Å². The van der Waals surface area contributed by atoms with Gasteiger partial charge in [-0.3, -0.25) is 9.79 Å². The van der Waals surface area contributed by atoms with Crippen LogP contribution in [-0.4, -0.2) is 62.7 Å². The van der Waals surface area contributed by atoms with Gasteiger partial charge in [0.2, 0.25) is 5.91 Å². The van der Waals surface area contributed by atoms with Gasteiger partial charge >= 0.3 is 0 Å². The number of aromatic nitrogens is 1. The van der Waals surface area contributed by atoms with Crippen LogP contribution in [0.3, 0.4) is 0 Å². The standard InChI is InChI=1S/C28H32F2N6O3/c1-7-8-18(16-35(3)4)13-14-32-20-10-11-23(36(28(20)31-2)17-19-9-12-24(37)33-19)34-27-25(29)21(38-5)15-22(39-6)26(27)30/h1,10-11,14-16,19H,2,8-9,12-13,17H2,3-6H3,(H,33,37)/b18-16+,32-14?,34-23?. The number of benzene rings is 1. The molecule has 1 fully saturated rings. The molecule has 3 rings (SSSR count). The van der Waals surface area contributed by atoms with Crippen molar-refractivity contribution in [3.8, 4) is 23.8 Å². The molecule has 1 aliphatic rings. The lowest BCUT2D eigenvalue weighted by Gasteiger charge is -2.18. The minimum Gasteiger partial charge on any atom is -0.493 e. The van der Waals surface area contributed by atoms with Gasteiger partial charge in [-0.2, -0.15) is 0 Å². The van der Waals surface area contributed by atoms with Gasteiger partial charge in [0, 0.05) is 58.2 Å². The zero-order valence-corrected chi connectivity index (χ0v) is 22.5. The molecule has 206 valence electrons. The van der Waals surface area contributed by atoms with Crippen molar-refractivity contribution in [3.05, 3.63) is 47.1 Å². The average molecular weight is 539 g/mol. The van der Waals surface area contributed by atoms with Crippen molar-refractivity contribution in [3.63, 3.8) is 0 Å². The molecule has 1 aromatic carbocycles. The van der Waals surface area contributed by atoms with Crippen LogP contribution in [0.5, 0.6) is 11.5 Å². The number of nitrogens with one attached hydrogen (secondary N) is 1. The zero-order valence-electron chi connectivity index (χ0n) is 22.5. The summed E-state index contributed by atoms with van der Waals surface area (Å²) in [6.07, 6.45) is 11.1. The molecule has 1 amide bonds. The molecule has 0 radical (unpaired) electrons. The van der Waals surface area contributed by atoms with E-state index in [0.717, 1.165) is 11.6 Å². The number of halogens is 2. The first-order chi connectivity index (χ1) is 18.7. The molecule has 2 aromatic rings. The lowest BCUT2D eigenvalue weighted by atomic mass is 10.1. The summed E-state index contributed by atoms with van der Waals surface area (Å²) < 4.78 is 41.9. The molecular weight excluding hydrogens is 506 g/mol. The van der Waals surface area contributed by atoms with E-state index in [2.05, 4.69) is 32.9 Å². The van der Waals surface area contributed by atoms with E-state index in [4.69, 9.17) is 15.9 Å². The fourth-order valence-corrected chi connectivity index (χ4v) is 4.16. The van der Waals surface area contributed by atoms with E-state index in [-0.39, 0.29) is 35.5 Å². The van der Waals surface area contributed by atoms with Crippen LogP contribution in [0.1, 0.15) is 25.7 Å². The zero-order chi connectivity index (χ0) is 28.5. The highest BCUT2D eigenvalue weighted by Crippen LogP contribution is 2.36. The number of ether oxygens (including phenoxy) is 2. The van der Waals surface area contributed by atoms with Crippen molar-refractivity contribution >= 4 is 36.0 Å². The Labute approximate surface area is 226 Å². The third-order valence-corrected chi connectivity index (χ3v) is 5.92. The van der Waals surface area contributed by atoms with E-state index in [0.29, 0.717) is 37.2 Å². The van der Waals surface area contributed by atoms with Crippen molar-refractivity contribution in [2.75, 3.05) is 28.3 Å². The molecule has 1 unspecified atom stereocenters. The summed E-state index contributed by atoms with van der Waals surface area (Å²) in [4.78, 5) is 26.8. The lowest BCUT2D eigenvalue weighted by molar-refractivity contribution is -0.119. The predicted octanol–water partition coefficient (Wildman–Crippen LogP) is 4.19. The van der Waals surface area contributed by atoms with E-state index in [1.165, 1.54) is 14.2 Å². The molecule has 1 atom stereocenters. The van der Waals surface area contributed by atoms with Gasteiger partial charge in [0.15, 0.2) is 29.0 Å². The fraction of sp³-hybridized carbons (Fsp3) is 0.357. The molecule has 2 heterocycles. The number of hydrogen-bond acceptors (Lipinski definition) is 7. The van der Waals surface area contributed by atoms with Gasteiger partial charge in [-0.15, -0.1) is 12.3 Å². The van der Waals surface area contributed by atoms with Crippen LogP contribution in [-0.2, 0) is 11.3 Å². The van der Waals surface area contributed by atoms with Gasteiger partial charge in [0.1, 0.15) is 16.9 Å². The molecule has 0 saturated carbocycles. The Morgan fingerprint density at radius 3 is 2.51 bits per heavy atom. The maximum Gasteiger partial charge on any atom is 0.220 e. The third-order valence-electron chi connectivity index (χ3n) is 5.92. The monoisotopic (exact) mass is 538 g/mol. The first-order valence-corrected chi connectivity index (χ1v) is 12.2. The molecule has 0 spiro atoms. The van der Waals surface area contributed by atoms with E-state index in [1.807, 2.05) is 25.2 Å². The summed E-state index contributed by atoms with van der Waals surface area (Å²) in [7, 11) is 6.34. The van der Waals surface area contributed by atoms with Crippen LogP contribution in [0.4, 0.5) is 26.0 Å². The first-order valence-electron chi connectivity index (χ1n) is 12.2. The summed E-state index contributed by atoms with van der Waals surface area (Å²) in [5.74, 6) is 0.459. The first kappa shape index (κ1) is 29.1. The number of aliphatic imine (C=N–C) groups is 2. The van der Waals surface area contributed by atoms with Crippen LogP contribution in [0.15, 0.2) is 44.9 Å². The third kappa shape index (κ3) is 7.10. The molecule has 11 heteroatoms. The number of pyridine rings is 1. The van der Waals surface area contributed by atoms with Crippen molar-refractivity contribution in [2.45, 2.75) is 38.3 Å². The number of amides is 1. The number of hydrogen-bond donors (Lipinski definition) is 1. The van der Waals surface area contributed by atoms with E-state index < -0.39 is 17.3 Å². The summed E-state index contributed by atoms with van der Waals surface area (Å²) in [5.41, 5.74) is 1.04. The quantitative estimate of drug-likeness (QED) is 0.343. The number of rotatable bonds is 11. The number of carbonyl (C=O) groups excluding carboxylic acids is 1. The Hall–Kier alpha value is -4.46. The summed E-state index contributed by atoms with van der Waals surface area (Å²) in [5, 5.41) is 2.89. The van der Waals surface area contributed by atoms with Gasteiger partial charge < -0.3 is 24.3 Å². The number of allylic oxidation sites excluding steroid dienone is 1. The molecule has 1 N–H and O–H groups in total. The number of methoxy groups -OCH3 is 2. The highest BCUT2D eigenvalue weighted by Gasteiger charge is 2.24. The maximum absolute atomic E-state index is 15.1. The Bertz CT molecular complexity index is 1380. The van der Waals surface area contributed by atoms with Crippen LogP contribution in [0.25, 0.3) is 0 Å². The minimum absolute atomic E-state index is 0.0790. The van der Waals surface area contributed by atoms with Crippen LogP contribution in [0.2, 0.25) is 0 Å². The van der Waals surface area contributed by atoms with Crippen molar-refractivity contribution in [1.82, 2.24) is 14.8 Å². The topological polar surface area (TPSA) is 92.8 Å². The van der Waals surface area contributed by atoms with Gasteiger partial charge in [-0.25, -0.2) is 18.8 Å². The van der Waals surface area contributed by atoms with Crippen LogP contribution in [0, 0.1) is 24.0 Å². The molecule has 1 aromatic heterocycles. The molecular formula is C28H32F2N6O3. The summed E-state index contributed by atoms with van der Waals surface area (Å²) in [6.45, 7) is 3.92. The predicted molar refractivity (Wildman–Crippen MR) is 147 cm³/mol. The second kappa shape index (κ2) is 13.4. The second-order valence-corrected chi connectivity index (χ2v) is 8.99. The van der Waals surface area contributed by atoms with Gasteiger partial charge in [0.25, 0.3) is 0 Å². The van der Waals surface area contributed by atoms with Crippen molar-refractivity contribution in [1.29, 1.82) is 0 Å². The normalized spacial score (nSPS) is 15.8. The SMILES string of the molecule is C#CC/C(=C\N(C)C)CC=Nc1ccc(=Nc2c(F)c(OC)cc(OC)c2F)n(CC2CCC(=O)N2)c1N=C. The van der Waals surface area contributed by atoms with E-state index in [1.54, 1.807) is 22.9 Å². The molecule has 0 aliphatic carbocycles. The molecule has 0 bridgehead atoms. The number of terminal acetylenes is 1. The largest absolute Gasteiger partial charge is 0.493 e. The van der Waals surface area contributed by atoms with Crippen LogP contribution < -0.4 is 20.3 Å². The van der Waals surface area contributed by atoms with Gasteiger partial charge in [-0.1, -0.05) is 0 Å². The Morgan fingerprint density at radius 1 is 1.28 bits per heavy atom. The molecule has 39 heavy (non-hydrogen) atoms. The van der Waals surface area contributed by atoms with Gasteiger partial charge in [0.05, 0.1) is 14.2 Å². The smallest absolute Gasteiger partial charge is 0.220 e. The van der Waals surface area contributed by atoms with Crippen molar-refractivity contribution in [2.24, 2.45) is 15.0 Å². The molecule has 1 aliphatic heterocycles. The summed E-state index contributed by atoms with van der Waals surface area (Å²) >= 11 is 0. The van der Waals surface area contributed by atoms with Gasteiger partial charge in [-0.05, 0) is 37.0 Å². The highest BCUT2D eigenvalue weighted by atomic mass is 19.1. The molecule has 9 nitrogen and oxygen atoms in total. The Morgan fingerprint density at radius 2 is 1.97 bits per heavy atom. The van der Waals surface area contributed by atoms with Crippen molar-refractivity contribution < 1.29 is 23.0 Å². The highest BCUT2D eigenvalue weighted by molar-refractivity contribution is 5.78. The average Bonchev–Trinajstić information content (AvgIpc) is 3.32.